The van der Waals surface area contributed by atoms with Crippen molar-refractivity contribution < 1.29 is 9.21 Å². The monoisotopic (exact) mass is 413 g/mol. The summed E-state index contributed by atoms with van der Waals surface area (Å²) in [5.74, 6) is 0.728. The van der Waals surface area contributed by atoms with Crippen LogP contribution in [-0.2, 0) is 6.67 Å². The molecule has 1 aliphatic rings. The van der Waals surface area contributed by atoms with Gasteiger partial charge in [0.05, 0.1) is 17.3 Å². The predicted molar refractivity (Wildman–Crippen MR) is 111 cm³/mol. The van der Waals surface area contributed by atoms with Gasteiger partial charge in [0.1, 0.15) is 0 Å². The fraction of sp³-hybridized carbons (Fsp3) is 0.286. The van der Waals surface area contributed by atoms with Crippen molar-refractivity contribution in [3.8, 4) is 11.5 Å². The average Bonchev–Trinajstić information content (AvgIpc) is 3.09. The van der Waals surface area contributed by atoms with E-state index in [1.165, 1.54) is 0 Å². The Morgan fingerprint density at radius 3 is 2.50 bits per heavy atom. The summed E-state index contributed by atoms with van der Waals surface area (Å²) in [5, 5.41) is 5.06. The molecular weight excluding hydrogens is 394 g/mol. The maximum atomic E-state index is 12.6. The summed E-state index contributed by atoms with van der Waals surface area (Å²) >= 11 is 11.5. The summed E-state index contributed by atoms with van der Waals surface area (Å²) in [7, 11) is 0. The Morgan fingerprint density at radius 1 is 1.11 bits per heavy atom. The van der Waals surface area contributed by atoms with Crippen molar-refractivity contribution in [1.29, 1.82) is 0 Å². The summed E-state index contributed by atoms with van der Waals surface area (Å²) in [4.78, 5) is 15.2. The summed E-state index contributed by atoms with van der Waals surface area (Å²) in [6.07, 6.45) is 1.66. The Balaban J connectivity index is 1.40. The van der Waals surface area contributed by atoms with Crippen molar-refractivity contribution in [2.24, 2.45) is 5.92 Å². The van der Waals surface area contributed by atoms with E-state index in [1.807, 2.05) is 48.5 Å². The van der Waals surface area contributed by atoms with Crippen LogP contribution in [0.15, 0.2) is 59.0 Å². The molecule has 2 heterocycles. The summed E-state index contributed by atoms with van der Waals surface area (Å²) < 4.78 is 7.32. The molecule has 3 aromatic rings. The molecule has 1 aliphatic heterocycles. The lowest BCUT2D eigenvalue weighted by Crippen LogP contribution is -2.37. The zero-order valence-electron chi connectivity index (χ0n) is 15.3. The Kier molecular flexibility index (Phi) is 5.71. The van der Waals surface area contributed by atoms with Gasteiger partial charge in [0, 0.05) is 24.6 Å². The van der Waals surface area contributed by atoms with Gasteiger partial charge >= 0.3 is 0 Å². The van der Waals surface area contributed by atoms with Crippen molar-refractivity contribution in [3.05, 3.63) is 70.0 Å². The Labute approximate surface area is 173 Å². The standard InChI is InChI=1S/C21H20ClN3O2S/c22-18-9-5-4-8-17(18)20-23-25(21(28)27-20)14-24-12-10-16(11-13-24)19(26)15-6-2-1-3-7-15/h1-9,16H,10-14H2. The number of ketones is 1. The number of halogens is 1. The molecule has 2 aromatic carbocycles. The topological polar surface area (TPSA) is 51.3 Å². The van der Waals surface area contributed by atoms with E-state index < -0.39 is 0 Å². The maximum absolute atomic E-state index is 12.6. The first kappa shape index (κ1) is 19.1. The average molecular weight is 414 g/mol. The number of benzene rings is 2. The van der Waals surface area contributed by atoms with Gasteiger partial charge in [-0.25, -0.2) is 4.68 Å². The molecule has 0 saturated carbocycles. The van der Waals surface area contributed by atoms with E-state index in [9.17, 15) is 4.79 Å². The van der Waals surface area contributed by atoms with Crippen molar-refractivity contribution >= 4 is 29.6 Å². The van der Waals surface area contributed by atoms with Crippen LogP contribution in [0.25, 0.3) is 11.5 Å². The second-order valence-electron chi connectivity index (χ2n) is 6.92. The number of Topliss-reactive ketones (excluding diaryl/α,β-unsaturated/α-hetero) is 1. The van der Waals surface area contributed by atoms with E-state index in [4.69, 9.17) is 28.2 Å². The quantitative estimate of drug-likeness (QED) is 0.431. The third kappa shape index (κ3) is 4.09. The fourth-order valence-corrected chi connectivity index (χ4v) is 3.90. The van der Waals surface area contributed by atoms with Gasteiger partial charge in [-0.2, -0.15) is 0 Å². The largest absolute Gasteiger partial charge is 0.409 e. The molecule has 0 atom stereocenters. The lowest BCUT2D eigenvalue weighted by Gasteiger charge is -2.30. The molecule has 1 fully saturated rings. The number of carbonyl (C=O) groups is 1. The third-order valence-electron chi connectivity index (χ3n) is 5.06. The van der Waals surface area contributed by atoms with Gasteiger partial charge in [-0.1, -0.05) is 54.1 Å². The second-order valence-corrected chi connectivity index (χ2v) is 7.67. The highest BCUT2D eigenvalue weighted by Crippen LogP contribution is 2.27. The van der Waals surface area contributed by atoms with E-state index in [2.05, 4.69) is 10.00 Å². The van der Waals surface area contributed by atoms with Crippen molar-refractivity contribution in [2.75, 3.05) is 13.1 Å². The lowest BCUT2D eigenvalue weighted by molar-refractivity contribution is 0.0802. The van der Waals surface area contributed by atoms with Crippen LogP contribution >= 0.6 is 23.8 Å². The van der Waals surface area contributed by atoms with Gasteiger partial charge in [-0.05, 0) is 37.2 Å². The maximum Gasteiger partial charge on any atom is 0.288 e. The van der Waals surface area contributed by atoms with Crippen LogP contribution in [-0.4, -0.2) is 33.6 Å². The lowest BCUT2D eigenvalue weighted by atomic mass is 9.89. The number of hydrogen-bond donors (Lipinski definition) is 0. The highest BCUT2D eigenvalue weighted by atomic mass is 35.5. The van der Waals surface area contributed by atoms with Gasteiger partial charge < -0.3 is 4.42 Å². The number of nitrogens with zero attached hydrogens (tertiary/aromatic N) is 3. The summed E-state index contributed by atoms with van der Waals surface area (Å²) in [6, 6.07) is 16.9. The second kappa shape index (κ2) is 8.39. The zero-order valence-corrected chi connectivity index (χ0v) is 16.8. The molecule has 0 amide bonds. The minimum Gasteiger partial charge on any atom is -0.409 e. The van der Waals surface area contributed by atoms with E-state index in [0.29, 0.717) is 22.4 Å². The number of likely N-dealkylation sites (tertiary alicyclic amines) is 1. The van der Waals surface area contributed by atoms with Crippen molar-refractivity contribution in [3.63, 3.8) is 0 Å². The molecule has 1 saturated heterocycles. The number of hydrogen-bond acceptors (Lipinski definition) is 5. The highest BCUT2D eigenvalue weighted by molar-refractivity contribution is 7.71. The van der Waals surface area contributed by atoms with E-state index in [-0.39, 0.29) is 11.7 Å². The number of carbonyl (C=O) groups excluding carboxylic acids is 1. The number of aromatic nitrogens is 2. The van der Waals surface area contributed by atoms with E-state index in [1.54, 1.807) is 10.7 Å². The molecule has 0 unspecified atom stereocenters. The molecule has 0 spiro atoms. The van der Waals surface area contributed by atoms with Gasteiger partial charge in [-0.15, -0.1) is 5.10 Å². The van der Waals surface area contributed by atoms with Crippen LogP contribution in [0.2, 0.25) is 5.02 Å². The van der Waals surface area contributed by atoms with Gasteiger partial charge in [-0.3, -0.25) is 9.69 Å². The van der Waals surface area contributed by atoms with Crippen LogP contribution in [0.3, 0.4) is 0 Å². The molecule has 0 aliphatic carbocycles. The van der Waals surface area contributed by atoms with Crippen LogP contribution in [0, 0.1) is 10.8 Å². The van der Waals surface area contributed by atoms with Gasteiger partial charge in [0.15, 0.2) is 5.78 Å². The first-order chi connectivity index (χ1) is 13.6. The first-order valence-electron chi connectivity index (χ1n) is 9.26. The van der Waals surface area contributed by atoms with Gasteiger partial charge in [0.25, 0.3) is 4.84 Å². The van der Waals surface area contributed by atoms with Crippen LogP contribution in [0.4, 0.5) is 0 Å². The fourth-order valence-electron chi connectivity index (χ4n) is 3.50. The Morgan fingerprint density at radius 2 is 1.79 bits per heavy atom. The molecule has 1 aromatic heterocycles. The first-order valence-corrected chi connectivity index (χ1v) is 10.0. The van der Waals surface area contributed by atoms with Crippen molar-refractivity contribution in [2.45, 2.75) is 19.5 Å². The molecule has 0 bridgehead atoms. The number of piperidine rings is 1. The minimum absolute atomic E-state index is 0.0719. The van der Waals surface area contributed by atoms with Gasteiger partial charge in [0.2, 0.25) is 5.89 Å². The molecule has 28 heavy (non-hydrogen) atoms. The molecular formula is C21H20ClN3O2S. The summed E-state index contributed by atoms with van der Waals surface area (Å²) in [5.41, 5.74) is 1.52. The molecule has 144 valence electrons. The SMILES string of the molecule is O=C(c1ccccc1)C1CCN(Cn2nc(-c3ccccc3Cl)oc2=S)CC1. The molecule has 0 radical (unpaired) electrons. The highest BCUT2D eigenvalue weighted by Gasteiger charge is 2.26. The van der Waals surface area contributed by atoms with Crippen LogP contribution in [0.5, 0.6) is 0 Å². The van der Waals surface area contributed by atoms with Crippen LogP contribution in [0.1, 0.15) is 23.2 Å². The smallest absolute Gasteiger partial charge is 0.288 e. The predicted octanol–water partition coefficient (Wildman–Crippen LogP) is 5.08. The molecule has 7 heteroatoms. The van der Waals surface area contributed by atoms with E-state index in [0.717, 1.165) is 37.1 Å². The molecule has 0 N–H and O–H groups in total. The number of rotatable bonds is 5. The molecule has 5 nitrogen and oxygen atoms in total. The van der Waals surface area contributed by atoms with Crippen LogP contribution < -0.4 is 0 Å². The summed E-state index contributed by atoms with van der Waals surface area (Å²) in [6.45, 7) is 2.18. The third-order valence-corrected chi connectivity index (χ3v) is 5.68. The Bertz CT molecular complexity index is 1020. The van der Waals surface area contributed by atoms with E-state index >= 15 is 0 Å². The zero-order chi connectivity index (χ0) is 19.5. The van der Waals surface area contributed by atoms with Crippen molar-refractivity contribution in [1.82, 2.24) is 14.7 Å². The molecule has 4 rings (SSSR count). The minimum atomic E-state index is 0.0719. The Hall–Kier alpha value is -2.28. The normalized spacial score (nSPS) is 15.6.